The Labute approximate surface area is 94.4 Å². The molecule has 0 heterocycles. The molecule has 1 nitrogen and oxygen atoms in total. The van der Waals surface area contributed by atoms with E-state index in [4.69, 9.17) is 6.42 Å². The van der Waals surface area contributed by atoms with E-state index in [1.165, 1.54) is 6.07 Å². The van der Waals surface area contributed by atoms with E-state index < -0.39 is 11.6 Å². The number of hydrogen-bond acceptors (Lipinski definition) is 1. The highest BCUT2D eigenvalue weighted by Crippen LogP contribution is 2.09. The standard InChI is InChI=1S/C13H13F2N/c1-3-8-16(2)9-4-5-11-6-7-12(14)13(15)10-11/h1,4-7,10H,8-9H2,2H3/b5-4+. The van der Waals surface area contributed by atoms with Crippen LogP contribution in [0.15, 0.2) is 24.3 Å². The molecule has 0 bridgehead atoms. The second-order valence-corrected chi connectivity index (χ2v) is 3.48. The lowest BCUT2D eigenvalue weighted by Crippen LogP contribution is -2.17. The molecule has 0 aliphatic rings. The van der Waals surface area contributed by atoms with Gasteiger partial charge >= 0.3 is 0 Å². The van der Waals surface area contributed by atoms with Gasteiger partial charge in [0.05, 0.1) is 6.54 Å². The van der Waals surface area contributed by atoms with Gasteiger partial charge in [0, 0.05) is 6.54 Å². The average Bonchev–Trinajstić information content (AvgIpc) is 2.24. The predicted octanol–water partition coefficient (Wildman–Crippen LogP) is 2.54. The first-order chi connectivity index (χ1) is 7.63. The minimum Gasteiger partial charge on any atom is -0.292 e. The molecular weight excluding hydrogens is 208 g/mol. The van der Waals surface area contributed by atoms with E-state index in [1.807, 2.05) is 18.0 Å². The summed E-state index contributed by atoms with van der Waals surface area (Å²) in [6, 6.07) is 3.79. The third kappa shape index (κ3) is 3.84. The maximum Gasteiger partial charge on any atom is 0.159 e. The van der Waals surface area contributed by atoms with Gasteiger partial charge in [-0.1, -0.05) is 24.1 Å². The van der Waals surface area contributed by atoms with Gasteiger partial charge in [-0.3, -0.25) is 4.90 Å². The van der Waals surface area contributed by atoms with Gasteiger partial charge in [-0.15, -0.1) is 6.42 Å². The van der Waals surface area contributed by atoms with Crippen LogP contribution in [-0.2, 0) is 0 Å². The molecule has 0 aliphatic carbocycles. The Morgan fingerprint density at radius 3 is 2.75 bits per heavy atom. The molecule has 0 radical (unpaired) electrons. The zero-order chi connectivity index (χ0) is 12.0. The number of hydrogen-bond donors (Lipinski definition) is 0. The molecule has 1 aromatic carbocycles. The fourth-order valence-electron chi connectivity index (χ4n) is 1.21. The van der Waals surface area contributed by atoms with Crippen molar-refractivity contribution < 1.29 is 8.78 Å². The second-order valence-electron chi connectivity index (χ2n) is 3.48. The third-order valence-corrected chi connectivity index (χ3v) is 2.03. The highest BCUT2D eigenvalue weighted by molar-refractivity contribution is 5.49. The van der Waals surface area contributed by atoms with Crippen molar-refractivity contribution in [3.63, 3.8) is 0 Å². The summed E-state index contributed by atoms with van der Waals surface area (Å²) in [6.45, 7) is 1.23. The molecule has 1 rings (SSSR count). The van der Waals surface area contributed by atoms with E-state index in [1.54, 1.807) is 6.08 Å². The van der Waals surface area contributed by atoms with E-state index >= 15 is 0 Å². The monoisotopic (exact) mass is 221 g/mol. The van der Waals surface area contributed by atoms with E-state index in [0.29, 0.717) is 18.7 Å². The fourth-order valence-corrected chi connectivity index (χ4v) is 1.21. The van der Waals surface area contributed by atoms with Crippen LogP contribution in [0.4, 0.5) is 8.78 Å². The Morgan fingerprint density at radius 1 is 1.38 bits per heavy atom. The summed E-state index contributed by atoms with van der Waals surface area (Å²) < 4.78 is 25.5. The summed E-state index contributed by atoms with van der Waals surface area (Å²) in [5.41, 5.74) is 0.632. The smallest absolute Gasteiger partial charge is 0.159 e. The van der Waals surface area contributed by atoms with Crippen molar-refractivity contribution in [3.8, 4) is 12.3 Å². The minimum absolute atomic E-state index is 0.558. The molecule has 0 N–H and O–H groups in total. The summed E-state index contributed by atoms with van der Waals surface area (Å²) in [7, 11) is 1.88. The van der Waals surface area contributed by atoms with Crippen LogP contribution >= 0.6 is 0 Å². The summed E-state index contributed by atoms with van der Waals surface area (Å²) in [6.07, 6.45) is 8.72. The topological polar surface area (TPSA) is 3.24 Å². The Kier molecular flexibility index (Phi) is 4.68. The van der Waals surface area contributed by atoms with Crippen LogP contribution in [0, 0.1) is 24.0 Å². The van der Waals surface area contributed by atoms with Crippen molar-refractivity contribution in [2.24, 2.45) is 0 Å². The number of likely N-dealkylation sites (N-methyl/N-ethyl adjacent to an activating group) is 1. The van der Waals surface area contributed by atoms with Gasteiger partial charge in [0.15, 0.2) is 11.6 Å². The van der Waals surface area contributed by atoms with Crippen LogP contribution in [0.1, 0.15) is 5.56 Å². The molecule has 1 aromatic rings. The first-order valence-corrected chi connectivity index (χ1v) is 4.87. The van der Waals surface area contributed by atoms with Crippen LogP contribution in [-0.4, -0.2) is 25.0 Å². The van der Waals surface area contributed by atoms with E-state index in [0.717, 1.165) is 12.1 Å². The van der Waals surface area contributed by atoms with Gasteiger partial charge in [0.2, 0.25) is 0 Å². The molecule has 3 heteroatoms. The summed E-state index contributed by atoms with van der Waals surface area (Å²) in [5, 5.41) is 0. The Morgan fingerprint density at radius 2 is 2.12 bits per heavy atom. The van der Waals surface area contributed by atoms with Gasteiger partial charge in [-0.05, 0) is 24.7 Å². The molecule has 0 atom stereocenters. The number of nitrogens with zero attached hydrogens (tertiary/aromatic N) is 1. The van der Waals surface area contributed by atoms with E-state index in [9.17, 15) is 8.78 Å². The Bertz CT molecular complexity index is 418. The quantitative estimate of drug-likeness (QED) is 0.706. The molecule has 0 saturated carbocycles. The van der Waals surface area contributed by atoms with Gasteiger partial charge < -0.3 is 0 Å². The average molecular weight is 221 g/mol. The lowest BCUT2D eigenvalue weighted by molar-refractivity contribution is 0.420. The molecule has 0 saturated heterocycles. The largest absolute Gasteiger partial charge is 0.292 e. The maximum absolute atomic E-state index is 12.8. The van der Waals surface area contributed by atoms with Crippen molar-refractivity contribution in [2.45, 2.75) is 0 Å². The molecule has 0 amide bonds. The number of halogens is 2. The molecule has 0 spiro atoms. The Hall–Kier alpha value is -1.66. The molecule has 16 heavy (non-hydrogen) atoms. The predicted molar refractivity (Wildman–Crippen MR) is 61.7 cm³/mol. The summed E-state index contributed by atoms with van der Waals surface area (Å²) in [4.78, 5) is 1.93. The van der Waals surface area contributed by atoms with Crippen molar-refractivity contribution >= 4 is 6.08 Å². The van der Waals surface area contributed by atoms with Gasteiger partial charge in [-0.25, -0.2) is 8.78 Å². The van der Waals surface area contributed by atoms with Crippen molar-refractivity contribution in [2.75, 3.05) is 20.1 Å². The van der Waals surface area contributed by atoms with Crippen LogP contribution in [0.3, 0.4) is 0 Å². The molecule has 0 aliphatic heterocycles. The van der Waals surface area contributed by atoms with Gasteiger partial charge in [0.25, 0.3) is 0 Å². The number of rotatable bonds is 4. The zero-order valence-corrected chi connectivity index (χ0v) is 9.08. The lowest BCUT2D eigenvalue weighted by Gasteiger charge is -2.08. The third-order valence-electron chi connectivity index (χ3n) is 2.03. The molecule has 0 unspecified atom stereocenters. The highest BCUT2D eigenvalue weighted by Gasteiger charge is 1.99. The zero-order valence-electron chi connectivity index (χ0n) is 9.08. The lowest BCUT2D eigenvalue weighted by atomic mass is 10.2. The maximum atomic E-state index is 12.8. The molecular formula is C13H13F2N. The molecule has 84 valence electrons. The van der Waals surface area contributed by atoms with E-state index in [2.05, 4.69) is 5.92 Å². The van der Waals surface area contributed by atoms with Crippen molar-refractivity contribution in [3.05, 3.63) is 41.5 Å². The van der Waals surface area contributed by atoms with Crippen LogP contribution in [0.5, 0.6) is 0 Å². The Balaban J connectivity index is 2.57. The molecule has 0 fully saturated rings. The summed E-state index contributed by atoms with van der Waals surface area (Å²) >= 11 is 0. The van der Waals surface area contributed by atoms with Crippen molar-refractivity contribution in [1.29, 1.82) is 0 Å². The summed E-state index contributed by atoms with van der Waals surface area (Å²) in [5.74, 6) is 0.849. The minimum atomic E-state index is -0.834. The van der Waals surface area contributed by atoms with Crippen LogP contribution in [0.25, 0.3) is 6.08 Å². The fraction of sp³-hybridized carbons (Fsp3) is 0.231. The van der Waals surface area contributed by atoms with Crippen molar-refractivity contribution in [1.82, 2.24) is 4.90 Å². The van der Waals surface area contributed by atoms with E-state index in [-0.39, 0.29) is 0 Å². The van der Waals surface area contributed by atoms with Crippen LogP contribution < -0.4 is 0 Å². The normalized spacial score (nSPS) is 10.9. The van der Waals surface area contributed by atoms with Crippen LogP contribution in [0.2, 0.25) is 0 Å². The molecule has 0 aromatic heterocycles. The highest BCUT2D eigenvalue weighted by atomic mass is 19.2. The van der Waals surface area contributed by atoms with Gasteiger partial charge in [0.1, 0.15) is 0 Å². The second kappa shape index (κ2) is 6.04. The first-order valence-electron chi connectivity index (χ1n) is 4.87. The van der Waals surface area contributed by atoms with Gasteiger partial charge in [-0.2, -0.15) is 0 Å². The first kappa shape index (κ1) is 12.4. The number of benzene rings is 1. The number of terminal acetylenes is 1. The SMILES string of the molecule is C#CCN(C)C/C=C/c1ccc(F)c(F)c1.